The average molecular weight is 431 g/mol. The van der Waals surface area contributed by atoms with Crippen molar-refractivity contribution in [3.05, 3.63) is 0 Å². The molecule has 0 atom stereocenters. The van der Waals surface area contributed by atoms with Crippen LogP contribution < -0.4 is 0 Å². The Morgan fingerprint density at radius 3 is 0.867 bits per heavy atom. The number of aliphatic carboxylic acids is 3. The molecule has 0 heterocycles. The van der Waals surface area contributed by atoms with Crippen molar-refractivity contribution in [3.8, 4) is 0 Å². The van der Waals surface area contributed by atoms with Crippen molar-refractivity contribution in [2.75, 3.05) is 0 Å². The lowest BCUT2D eigenvalue weighted by atomic mass is 10.0. The minimum atomic E-state index is -1.82. The molecule has 6 heteroatoms. The fourth-order valence-corrected chi connectivity index (χ4v) is 3.35. The lowest BCUT2D eigenvalue weighted by molar-refractivity contribution is -0.159. The highest BCUT2D eigenvalue weighted by Gasteiger charge is 2.04. The van der Waals surface area contributed by atoms with E-state index in [4.69, 9.17) is 24.9 Å². The molecule has 30 heavy (non-hydrogen) atoms. The van der Waals surface area contributed by atoms with E-state index in [0.29, 0.717) is 6.42 Å². The van der Waals surface area contributed by atoms with E-state index >= 15 is 0 Å². The van der Waals surface area contributed by atoms with E-state index < -0.39 is 17.9 Å². The van der Waals surface area contributed by atoms with E-state index in [2.05, 4.69) is 6.92 Å². The molecule has 0 aromatic heterocycles. The molecule has 0 bridgehead atoms. The highest BCUT2D eigenvalue weighted by molar-refractivity contribution is 6.27. The largest absolute Gasteiger partial charge is 0.481 e. The molecule has 0 spiro atoms. The SMILES string of the molecule is CCCCCCCCCCCCCCCCCCCCCC(=O)O.O=C(O)C(=O)O. The summed E-state index contributed by atoms with van der Waals surface area (Å²) in [5.74, 6) is -4.30. The van der Waals surface area contributed by atoms with Crippen LogP contribution in [0.15, 0.2) is 0 Å². The molecule has 0 aliphatic heterocycles. The van der Waals surface area contributed by atoms with Crippen LogP contribution >= 0.6 is 0 Å². The van der Waals surface area contributed by atoms with E-state index in [1.165, 1.54) is 109 Å². The van der Waals surface area contributed by atoms with Gasteiger partial charge in [-0.3, -0.25) is 4.79 Å². The Morgan fingerprint density at radius 1 is 0.433 bits per heavy atom. The van der Waals surface area contributed by atoms with Gasteiger partial charge in [0.1, 0.15) is 0 Å². The molecule has 0 saturated carbocycles. The molecule has 0 unspecified atom stereocenters. The minimum absolute atomic E-state index is 0.346. The number of carbonyl (C=O) groups is 3. The number of unbranched alkanes of at least 4 members (excludes halogenated alkanes) is 18. The summed E-state index contributed by atoms with van der Waals surface area (Å²) in [6, 6.07) is 0. The van der Waals surface area contributed by atoms with Crippen LogP contribution in [0.25, 0.3) is 0 Å². The van der Waals surface area contributed by atoms with Crippen LogP contribution in [0.4, 0.5) is 0 Å². The Kier molecular flexibility index (Phi) is 26.0. The lowest BCUT2D eigenvalue weighted by Gasteiger charge is -2.03. The summed E-state index contributed by atoms with van der Waals surface area (Å²) in [6.45, 7) is 2.28. The maximum atomic E-state index is 10.4. The van der Waals surface area contributed by atoms with Gasteiger partial charge in [-0.15, -0.1) is 0 Å². The van der Waals surface area contributed by atoms with Crippen LogP contribution in [0, 0.1) is 0 Å². The summed E-state index contributed by atoms with van der Waals surface area (Å²) in [4.78, 5) is 28.6. The first-order valence-corrected chi connectivity index (χ1v) is 12.1. The van der Waals surface area contributed by atoms with Crippen molar-refractivity contribution < 1.29 is 29.7 Å². The highest BCUT2D eigenvalue weighted by Crippen LogP contribution is 2.14. The molecule has 0 fully saturated rings. The van der Waals surface area contributed by atoms with Gasteiger partial charge >= 0.3 is 17.9 Å². The van der Waals surface area contributed by atoms with Crippen molar-refractivity contribution in [2.24, 2.45) is 0 Å². The summed E-state index contributed by atoms with van der Waals surface area (Å²) in [6.07, 6.45) is 26.1. The van der Waals surface area contributed by atoms with Gasteiger partial charge in [0, 0.05) is 6.42 Å². The summed E-state index contributed by atoms with van der Waals surface area (Å²) < 4.78 is 0. The molecule has 3 N–H and O–H groups in total. The highest BCUT2D eigenvalue weighted by atomic mass is 16.4. The standard InChI is InChI=1S/C22H44O2.C2H2O4/c1-2-3-4-5-6-7-8-9-10-11-12-13-14-15-16-17-18-19-20-21-22(23)24;3-1(4)2(5)6/h2-21H2,1H3,(H,23,24);(H,3,4)(H,5,6). The van der Waals surface area contributed by atoms with Crippen LogP contribution in [0.5, 0.6) is 0 Å². The first kappa shape index (κ1) is 30.6. The van der Waals surface area contributed by atoms with E-state index in [1.807, 2.05) is 0 Å². The topological polar surface area (TPSA) is 112 Å². The second-order valence-corrected chi connectivity index (χ2v) is 8.12. The van der Waals surface area contributed by atoms with Gasteiger partial charge in [-0.1, -0.05) is 122 Å². The maximum Gasteiger partial charge on any atom is 0.414 e. The van der Waals surface area contributed by atoms with Crippen molar-refractivity contribution >= 4 is 17.9 Å². The third kappa shape index (κ3) is 31.1. The zero-order chi connectivity index (χ0) is 22.9. The van der Waals surface area contributed by atoms with Crippen molar-refractivity contribution in [1.29, 1.82) is 0 Å². The molecule has 178 valence electrons. The van der Waals surface area contributed by atoms with Gasteiger partial charge in [-0.25, -0.2) is 9.59 Å². The van der Waals surface area contributed by atoms with E-state index in [9.17, 15) is 4.79 Å². The Bertz CT molecular complexity index is 397. The number of carboxylic acids is 3. The molecule has 0 saturated heterocycles. The maximum absolute atomic E-state index is 10.4. The summed E-state index contributed by atoms with van der Waals surface area (Å²) in [5, 5.41) is 23.3. The van der Waals surface area contributed by atoms with E-state index in [1.54, 1.807) is 0 Å². The molecule has 0 amide bonds. The normalized spacial score (nSPS) is 10.3. The molecule has 0 rings (SSSR count). The van der Waals surface area contributed by atoms with Crippen molar-refractivity contribution in [2.45, 2.75) is 135 Å². The van der Waals surface area contributed by atoms with Crippen LogP contribution in [-0.4, -0.2) is 33.2 Å². The monoisotopic (exact) mass is 430 g/mol. The van der Waals surface area contributed by atoms with Gasteiger partial charge in [0.05, 0.1) is 0 Å². The van der Waals surface area contributed by atoms with Crippen LogP contribution in [0.2, 0.25) is 0 Å². The molecule has 0 aromatic carbocycles. The zero-order valence-corrected chi connectivity index (χ0v) is 19.2. The Hall–Kier alpha value is -1.59. The number of carboxylic acid groups (broad SMARTS) is 3. The Labute approximate surface area is 183 Å². The van der Waals surface area contributed by atoms with Gasteiger partial charge in [0.15, 0.2) is 0 Å². The second kappa shape index (κ2) is 25.4. The molecule has 0 radical (unpaired) electrons. The zero-order valence-electron chi connectivity index (χ0n) is 19.2. The van der Waals surface area contributed by atoms with Gasteiger partial charge in [-0.2, -0.15) is 0 Å². The summed E-state index contributed by atoms with van der Waals surface area (Å²) >= 11 is 0. The second-order valence-electron chi connectivity index (χ2n) is 8.12. The van der Waals surface area contributed by atoms with Gasteiger partial charge in [-0.05, 0) is 6.42 Å². The molecule has 0 aromatic rings. The van der Waals surface area contributed by atoms with Crippen molar-refractivity contribution in [1.82, 2.24) is 0 Å². The third-order valence-corrected chi connectivity index (χ3v) is 5.18. The Morgan fingerprint density at radius 2 is 0.667 bits per heavy atom. The quantitative estimate of drug-likeness (QED) is 0.141. The lowest BCUT2D eigenvalue weighted by Crippen LogP contribution is -2.09. The van der Waals surface area contributed by atoms with Crippen LogP contribution in [-0.2, 0) is 14.4 Å². The summed E-state index contributed by atoms with van der Waals surface area (Å²) in [7, 11) is 0. The van der Waals surface area contributed by atoms with E-state index in [-0.39, 0.29) is 0 Å². The van der Waals surface area contributed by atoms with Crippen LogP contribution in [0.1, 0.15) is 135 Å². The van der Waals surface area contributed by atoms with Crippen LogP contribution in [0.3, 0.4) is 0 Å². The smallest absolute Gasteiger partial charge is 0.414 e. The van der Waals surface area contributed by atoms with E-state index in [0.717, 1.165) is 12.8 Å². The average Bonchev–Trinajstić information content (AvgIpc) is 2.70. The molecular formula is C24H46O6. The summed E-state index contributed by atoms with van der Waals surface area (Å²) in [5.41, 5.74) is 0. The number of hydrogen-bond donors (Lipinski definition) is 3. The molecule has 0 aliphatic carbocycles. The van der Waals surface area contributed by atoms with Crippen molar-refractivity contribution in [3.63, 3.8) is 0 Å². The predicted octanol–water partition coefficient (Wildman–Crippen LogP) is 7.05. The number of hydrogen-bond acceptors (Lipinski definition) is 3. The molecule has 0 aliphatic rings. The van der Waals surface area contributed by atoms with Gasteiger partial charge < -0.3 is 15.3 Å². The minimum Gasteiger partial charge on any atom is -0.481 e. The first-order chi connectivity index (χ1) is 14.4. The fraction of sp³-hybridized carbons (Fsp3) is 0.875. The number of rotatable bonds is 20. The first-order valence-electron chi connectivity index (χ1n) is 12.1. The fourth-order valence-electron chi connectivity index (χ4n) is 3.35. The Balaban J connectivity index is 0. The molecular weight excluding hydrogens is 384 g/mol. The third-order valence-electron chi connectivity index (χ3n) is 5.18. The van der Waals surface area contributed by atoms with Gasteiger partial charge in [0.2, 0.25) is 0 Å². The van der Waals surface area contributed by atoms with Gasteiger partial charge in [0.25, 0.3) is 0 Å². The molecule has 6 nitrogen and oxygen atoms in total. The predicted molar refractivity (Wildman–Crippen MR) is 121 cm³/mol.